The predicted molar refractivity (Wildman–Crippen MR) is 164 cm³/mol. The fourth-order valence-electron chi connectivity index (χ4n) is 4.92. The van der Waals surface area contributed by atoms with Crippen molar-refractivity contribution < 1.29 is 33.3 Å². The first-order valence-electron chi connectivity index (χ1n) is 14.5. The van der Waals surface area contributed by atoms with Crippen LogP contribution in [-0.2, 0) is 20.8 Å². The molecule has 244 valence electrons. The molecule has 1 unspecified atom stereocenters. The molecule has 3 amide bonds. The molecule has 4 rings (SSSR count). The van der Waals surface area contributed by atoms with E-state index in [9.17, 15) is 19.2 Å². The number of ether oxygens (including phenoxy) is 4. The van der Waals surface area contributed by atoms with Crippen LogP contribution in [0, 0.1) is 6.92 Å². The molecule has 1 saturated heterocycles. The van der Waals surface area contributed by atoms with E-state index >= 15 is 0 Å². The summed E-state index contributed by atoms with van der Waals surface area (Å²) in [5, 5.41) is 6.87. The van der Waals surface area contributed by atoms with Crippen LogP contribution < -0.4 is 15.6 Å². The predicted octanol–water partition coefficient (Wildman–Crippen LogP) is 4.19. The largest absolute Gasteiger partial charge is 0.496 e. The van der Waals surface area contributed by atoms with Crippen LogP contribution >= 0.6 is 0 Å². The fraction of sp³-hybridized carbons (Fsp3) is 0.533. The summed E-state index contributed by atoms with van der Waals surface area (Å²) in [5.74, 6) is 0.423. The van der Waals surface area contributed by atoms with E-state index in [1.54, 1.807) is 64.3 Å². The first-order valence-corrected chi connectivity index (χ1v) is 14.5. The highest BCUT2D eigenvalue weighted by molar-refractivity contribution is 5.84. The van der Waals surface area contributed by atoms with Crippen molar-refractivity contribution in [2.45, 2.75) is 72.3 Å². The SMILES string of the molecule is COC(=O)Nc1nc2c(C)nn(Cc3ccc(C4CN(C(=O)OC(C)(C)C)CCN4C(=O)OC(C)(C)C)cc3OC)c2c(=O)[nH]1. The van der Waals surface area contributed by atoms with Gasteiger partial charge in [-0.25, -0.2) is 19.4 Å². The number of methoxy groups -OCH3 is 2. The summed E-state index contributed by atoms with van der Waals surface area (Å²) in [7, 11) is 2.72. The number of H-pyrrole nitrogens is 1. The van der Waals surface area contributed by atoms with Gasteiger partial charge in [-0.15, -0.1) is 0 Å². The first kappa shape index (κ1) is 33.1. The number of amides is 3. The number of aromatic amines is 1. The van der Waals surface area contributed by atoms with Crippen molar-refractivity contribution in [2.24, 2.45) is 0 Å². The minimum absolute atomic E-state index is 0.0635. The number of carbonyl (C=O) groups is 3. The molecular formula is C30H41N7O8. The zero-order chi connectivity index (χ0) is 33.3. The summed E-state index contributed by atoms with van der Waals surface area (Å²) in [6.07, 6.45) is -1.74. The van der Waals surface area contributed by atoms with Crippen molar-refractivity contribution in [3.63, 3.8) is 0 Å². The lowest BCUT2D eigenvalue weighted by molar-refractivity contribution is -0.0152. The van der Waals surface area contributed by atoms with Gasteiger partial charge in [-0.05, 0) is 60.1 Å². The molecule has 15 heteroatoms. The van der Waals surface area contributed by atoms with Crippen molar-refractivity contribution in [3.05, 3.63) is 45.4 Å². The summed E-state index contributed by atoms with van der Waals surface area (Å²) in [6.45, 7) is 13.4. The average Bonchev–Trinajstić information content (AvgIpc) is 3.25. The van der Waals surface area contributed by atoms with E-state index in [0.29, 0.717) is 28.1 Å². The lowest BCUT2D eigenvalue weighted by atomic mass is 10.00. The molecule has 2 aromatic heterocycles. The average molecular weight is 628 g/mol. The second-order valence-corrected chi connectivity index (χ2v) is 12.7. The van der Waals surface area contributed by atoms with E-state index in [4.69, 9.17) is 14.2 Å². The van der Waals surface area contributed by atoms with E-state index < -0.39 is 41.1 Å². The van der Waals surface area contributed by atoms with E-state index in [-0.39, 0.29) is 37.6 Å². The Hall–Kier alpha value is -4.82. The normalized spacial score (nSPS) is 15.5. The number of benzene rings is 1. The number of piperazine rings is 1. The molecule has 1 aliphatic heterocycles. The molecule has 1 atom stereocenters. The van der Waals surface area contributed by atoms with E-state index in [1.165, 1.54) is 18.9 Å². The number of rotatable bonds is 5. The lowest BCUT2D eigenvalue weighted by Gasteiger charge is -2.42. The maximum atomic E-state index is 13.3. The van der Waals surface area contributed by atoms with Gasteiger partial charge in [0.05, 0.1) is 32.5 Å². The Morgan fingerprint density at radius 2 is 1.69 bits per heavy atom. The fourth-order valence-corrected chi connectivity index (χ4v) is 4.92. The Balaban J connectivity index is 1.67. The summed E-state index contributed by atoms with van der Waals surface area (Å²) < 4.78 is 23.1. The number of carbonyl (C=O) groups excluding carboxylic acids is 3. The van der Waals surface area contributed by atoms with Crippen LogP contribution in [0.1, 0.15) is 64.4 Å². The van der Waals surface area contributed by atoms with Crippen LogP contribution in [0.2, 0.25) is 0 Å². The van der Waals surface area contributed by atoms with Crippen molar-refractivity contribution in [1.82, 2.24) is 29.5 Å². The maximum Gasteiger partial charge on any atom is 0.413 e. The summed E-state index contributed by atoms with van der Waals surface area (Å²) in [6, 6.07) is 4.92. The summed E-state index contributed by atoms with van der Waals surface area (Å²) in [5.41, 5.74) is 0.546. The van der Waals surface area contributed by atoms with Gasteiger partial charge in [0, 0.05) is 25.2 Å². The van der Waals surface area contributed by atoms with Crippen molar-refractivity contribution >= 4 is 35.3 Å². The van der Waals surface area contributed by atoms with Gasteiger partial charge in [0.25, 0.3) is 5.56 Å². The van der Waals surface area contributed by atoms with E-state index in [0.717, 1.165) is 0 Å². The molecule has 3 heterocycles. The minimum atomic E-state index is -0.773. The quantitative estimate of drug-likeness (QED) is 0.391. The van der Waals surface area contributed by atoms with Gasteiger partial charge in [0.1, 0.15) is 22.5 Å². The Labute approximate surface area is 260 Å². The second-order valence-electron chi connectivity index (χ2n) is 12.7. The molecule has 0 saturated carbocycles. The van der Waals surface area contributed by atoms with Crippen molar-refractivity contribution in [3.8, 4) is 5.75 Å². The van der Waals surface area contributed by atoms with Gasteiger partial charge >= 0.3 is 18.3 Å². The number of aromatic nitrogens is 4. The van der Waals surface area contributed by atoms with Gasteiger partial charge in [0.2, 0.25) is 5.95 Å². The van der Waals surface area contributed by atoms with Gasteiger partial charge in [-0.3, -0.25) is 24.7 Å². The minimum Gasteiger partial charge on any atom is -0.496 e. The molecule has 15 nitrogen and oxygen atoms in total. The standard InChI is InChI=1S/C30H41N7O8/c1-17-22-23(24(38)32-25(31-22)33-26(39)43-9)37(34-17)15-19-11-10-18(14-21(19)42-8)20-16-35(27(40)44-29(2,3)4)12-13-36(20)28(41)45-30(5,6)7/h10-11,14,20H,12-13,15-16H2,1-9H3,(H2,31,32,33,38,39). The third-order valence-corrected chi connectivity index (χ3v) is 6.85. The molecule has 0 radical (unpaired) electrons. The molecule has 3 aromatic rings. The molecule has 2 N–H and O–H groups in total. The molecule has 1 fully saturated rings. The van der Waals surface area contributed by atoms with Crippen LogP contribution in [0.25, 0.3) is 11.0 Å². The molecule has 45 heavy (non-hydrogen) atoms. The monoisotopic (exact) mass is 627 g/mol. The van der Waals surface area contributed by atoms with Crippen LogP contribution in [0.5, 0.6) is 5.75 Å². The van der Waals surface area contributed by atoms with Crippen LogP contribution in [0.4, 0.5) is 20.3 Å². The topological polar surface area (TPSA) is 170 Å². The summed E-state index contributed by atoms with van der Waals surface area (Å²) in [4.78, 5) is 60.9. The highest BCUT2D eigenvalue weighted by Gasteiger charge is 2.37. The Morgan fingerprint density at radius 1 is 1.02 bits per heavy atom. The third kappa shape index (κ3) is 7.83. The highest BCUT2D eigenvalue weighted by atomic mass is 16.6. The molecular weight excluding hydrogens is 586 g/mol. The van der Waals surface area contributed by atoms with Gasteiger partial charge in [0.15, 0.2) is 5.52 Å². The molecule has 0 bridgehead atoms. The number of hydrogen-bond donors (Lipinski definition) is 2. The number of aryl methyl sites for hydroxylation is 1. The van der Waals surface area contributed by atoms with E-state index in [2.05, 4.69) is 25.1 Å². The van der Waals surface area contributed by atoms with Crippen molar-refractivity contribution in [1.29, 1.82) is 0 Å². The van der Waals surface area contributed by atoms with Gasteiger partial charge < -0.3 is 23.8 Å². The number of hydrogen-bond acceptors (Lipinski definition) is 10. The van der Waals surface area contributed by atoms with Crippen LogP contribution in [0.15, 0.2) is 23.0 Å². The molecule has 1 aromatic carbocycles. The Kier molecular flexibility index (Phi) is 9.30. The molecule has 1 aliphatic rings. The Morgan fingerprint density at radius 3 is 2.31 bits per heavy atom. The number of nitrogens with zero attached hydrogens (tertiary/aromatic N) is 5. The highest BCUT2D eigenvalue weighted by Crippen LogP contribution is 2.32. The van der Waals surface area contributed by atoms with Crippen molar-refractivity contribution in [2.75, 3.05) is 39.2 Å². The smallest absolute Gasteiger partial charge is 0.413 e. The number of fused-ring (bicyclic) bond motifs is 1. The van der Waals surface area contributed by atoms with E-state index in [1.807, 2.05) is 12.1 Å². The summed E-state index contributed by atoms with van der Waals surface area (Å²) >= 11 is 0. The van der Waals surface area contributed by atoms with Gasteiger partial charge in [-0.2, -0.15) is 5.10 Å². The molecule has 0 spiro atoms. The van der Waals surface area contributed by atoms with Crippen LogP contribution in [0.3, 0.4) is 0 Å². The zero-order valence-corrected chi connectivity index (χ0v) is 27.1. The lowest BCUT2D eigenvalue weighted by Crippen LogP contribution is -2.54. The first-order chi connectivity index (χ1) is 21.0. The zero-order valence-electron chi connectivity index (χ0n) is 27.1. The van der Waals surface area contributed by atoms with Crippen LogP contribution in [-0.4, -0.2) is 92.9 Å². The molecule has 0 aliphatic carbocycles. The maximum absolute atomic E-state index is 13.3. The van der Waals surface area contributed by atoms with Gasteiger partial charge in [-0.1, -0.05) is 12.1 Å². The third-order valence-electron chi connectivity index (χ3n) is 6.85. The Bertz CT molecular complexity index is 1650. The number of anilines is 1. The second kappa shape index (κ2) is 12.7. The number of nitrogens with one attached hydrogen (secondary N) is 2.